The molecule has 0 radical (unpaired) electrons. The van der Waals surface area contributed by atoms with Crippen molar-refractivity contribution in [1.82, 2.24) is 10.2 Å². The lowest BCUT2D eigenvalue weighted by atomic mass is 10.1. The van der Waals surface area contributed by atoms with Gasteiger partial charge in [0.2, 0.25) is 0 Å². The van der Waals surface area contributed by atoms with Gasteiger partial charge in [0.1, 0.15) is 0 Å². The first-order valence-electron chi connectivity index (χ1n) is 7.08. The summed E-state index contributed by atoms with van der Waals surface area (Å²) in [7, 11) is 1.31. The van der Waals surface area contributed by atoms with Crippen molar-refractivity contribution in [2.45, 2.75) is 32.5 Å². The minimum atomic E-state index is -4.31. The number of hydrogen-bond acceptors (Lipinski definition) is 2. The fraction of sp³-hybridized carbons (Fsp3) is 0.467. The standard InChI is InChI=1S/C15H20F3N3O2/c1-10(2)19-14(23)20-12-6-4-5-11(9-12)13(22)21(3)8-7-15(16,17)18/h4-6,9-10H,7-8H2,1-3H3,(H2,19,20,23). The topological polar surface area (TPSA) is 61.4 Å². The predicted molar refractivity (Wildman–Crippen MR) is 81.4 cm³/mol. The van der Waals surface area contributed by atoms with Crippen LogP contribution in [0.5, 0.6) is 0 Å². The molecule has 0 aromatic heterocycles. The molecule has 0 heterocycles. The van der Waals surface area contributed by atoms with Crippen LogP contribution >= 0.6 is 0 Å². The Morgan fingerprint density at radius 3 is 2.48 bits per heavy atom. The molecular weight excluding hydrogens is 311 g/mol. The van der Waals surface area contributed by atoms with Crippen molar-refractivity contribution in [3.8, 4) is 0 Å². The van der Waals surface area contributed by atoms with Crippen LogP contribution in [0, 0.1) is 0 Å². The summed E-state index contributed by atoms with van der Waals surface area (Å²) < 4.78 is 36.6. The maximum atomic E-state index is 12.2. The van der Waals surface area contributed by atoms with E-state index in [9.17, 15) is 22.8 Å². The molecule has 0 saturated heterocycles. The molecule has 0 saturated carbocycles. The van der Waals surface area contributed by atoms with E-state index in [1.165, 1.54) is 19.2 Å². The van der Waals surface area contributed by atoms with Gasteiger partial charge in [0.15, 0.2) is 0 Å². The monoisotopic (exact) mass is 331 g/mol. The summed E-state index contributed by atoms with van der Waals surface area (Å²) in [4.78, 5) is 24.7. The van der Waals surface area contributed by atoms with Crippen LogP contribution in [-0.4, -0.2) is 42.6 Å². The number of rotatable bonds is 5. The SMILES string of the molecule is CC(C)NC(=O)Nc1cccc(C(=O)N(C)CCC(F)(F)F)c1. The largest absolute Gasteiger partial charge is 0.390 e. The quantitative estimate of drug-likeness (QED) is 0.870. The molecule has 2 N–H and O–H groups in total. The van der Waals surface area contributed by atoms with Gasteiger partial charge in [0, 0.05) is 30.9 Å². The number of hydrogen-bond donors (Lipinski definition) is 2. The summed E-state index contributed by atoms with van der Waals surface area (Å²) in [6.45, 7) is 3.18. The number of anilines is 1. The number of nitrogens with one attached hydrogen (secondary N) is 2. The number of alkyl halides is 3. The zero-order valence-corrected chi connectivity index (χ0v) is 13.2. The predicted octanol–water partition coefficient (Wildman–Crippen LogP) is 3.24. The molecular formula is C15H20F3N3O2. The highest BCUT2D eigenvalue weighted by Gasteiger charge is 2.28. The van der Waals surface area contributed by atoms with Gasteiger partial charge in [-0.1, -0.05) is 6.07 Å². The summed E-state index contributed by atoms with van der Waals surface area (Å²) in [5.41, 5.74) is 0.593. The molecule has 3 amide bonds. The molecule has 0 unspecified atom stereocenters. The molecule has 0 spiro atoms. The lowest BCUT2D eigenvalue weighted by molar-refractivity contribution is -0.136. The summed E-state index contributed by atoms with van der Waals surface area (Å²) in [6, 6.07) is 5.58. The van der Waals surface area contributed by atoms with Crippen molar-refractivity contribution in [2.75, 3.05) is 18.9 Å². The average Bonchev–Trinajstić information content (AvgIpc) is 2.42. The number of halogens is 3. The third-order valence-corrected chi connectivity index (χ3v) is 2.86. The number of benzene rings is 1. The van der Waals surface area contributed by atoms with E-state index in [1.54, 1.807) is 26.0 Å². The van der Waals surface area contributed by atoms with E-state index in [1.807, 2.05) is 0 Å². The minimum absolute atomic E-state index is 0.0479. The highest BCUT2D eigenvalue weighted by atomic mass is 19.4. The molecule has 0 aliphatic rings. The Hall–Kier alpha value is -2.25. The summed E-state index contributed by atoms with van der Waals surface area (Å²) >= 11 is 0. The Labute approximate surface area is 132 Å². The van der Waals surface area contributed by atoms with Crippen molar-refractivity contribution in [1.29, 1.82) is 0 Å². The summed E-state index contributed by atoms with van der Waals surface area (Å²) in [5, 5.41) is 5.19. The first kappa shape index (κ1) is 18.8. The molecule has 8 heteroatoms. The molecule has 0 aliphatic heterocycles. The molecule has 128 valence electrons. The Balaban J connectivity index is 2.71. The number of nitrogens with zero attached hydrogens (tertiary/aromatic N) is 1. The molecule has 0 aliphatic carbocycles. The molecule has 5 nitrogen and oxygen atoms in total. The van der Waals surface area contributed by atoms with E-state index in [4.69, 9.17) is 0 Å². The highest BCUT2D eigenvalue weighted by molar-refractivity contribution is 5.96. The van der Waals surface area contributed by atoms with Crippen LogP contribution in [0.1, 0.15) is 30.6 Å². The van der Waals surface area contributed by atoms with Crippen molar-refractivity contribution in [3.05, 3.63) is 29.8 Å². The van der Waals surface area contributed by atoms with E-state index >= 15 is 0 Å². The van der Waals surface area contributed by atoms with Crippen molar-refractivity contribution < 1.29 is 22.8 Å². The Morgan fingerprint density at radius 1 is 1.26 bits per heavy atom. The van der Waals surface area contributed by atoms with Crippen LogP contribution in [-0.2, 0) is 0 Å². The molecule has 23 heavy (non-hydrogen) atoms. The van der Waals surface area contributed by atoms with Gasteiger partial charge in [0.25, 0.3) is 5.91 Å². The van der Waals surface area contributed by atoms with Crippen LogP contribution in [0.3, 0.4) is 0 Å². The second-order valence-electron chi connectivity index (χ2n) is 5.43. The minimum Gasteiger partial charge on any atom is -0.341 e. The zero-order chi connectivity index (χ0) is 17.6. The Kier molecular flexibility index (Phi) is 6.41. The molecule has 0 atom stereocenters. The van der Waals surface area contributed by atoms with E-state index in [0.717, 1.165) is 4.90 Å². The molecule has 0 fully saturated rings. The normalized spacial score (nSPS) is 11.3. The van der Waals surface area contributed by atoms with E-state index in [2.05, 4.69) is 10.6 Å². The van der Waals surface area contributed by atoms with Crippen LogP contribution in [0.4, 0.5) is 23.7 Å². The lowest BCUT2D eigenvalue weighted by Crippen LogP contribution is -2.34. The molecule has 1 aromatic rings. The van der Waals surface area contributed by atoms with Gasteiger partial charge in [-0.3, -0.25) is 4.79 Å². The number of carbonyl (C=O) groups excluding carboxylic acids is 2. The van der Waals surface area contributed by atoms with E-state index < -0.39 is 31.1 Å². The summed E-state index contributed by atoms with van der Waals surface area (Å²) in [6.07, 6.45) is -5.38. The van der Waals surface area contributed by atoms with E-state index in [-0.39, 0.29) is 11.6 Å². The first-order chi connectivity index (χ1) is 10.6. The average molecular weight is 331 g/mol. The van der Waals surface area contributed by atoms with Gasteiger partial charge in [-0.15, -0.1) is 0 Å². The Morgan fingerprint density at radius 2 is 1.91 bits per heavy atom. The molecule has 1 rings (SSSR count). The number of amides is 3. The fourth-order valence-electron chi connectivity index (χ4n) is 1.78. The van der Waals surface area contributed by atoms with Crippen molar-refractivity contribution >= 4 is 17.6 Å². The third-order valence-electron chi connectivity index (χ3n) is 2.86. The van der Waals surface area contributed by atoms with Gasteiger partial charge in [0.05, 0.1) is 6.42 Å². The number of urea groups is 1. The van der Waals surface area contributed by atoms with Crippen molar-refractivity contribution in [2.24, 2.45) is 0 Å². The first-order valence-corrected chi connectivity index (χ1v) is 7.08. The smallest absolute Gasteiger partial charge is 0.341 e. The summed E-state index contributed by atoms with van der Waals surface area (Å²) in [5.74, 6) is -0.540. The molecule has 1 aromatic carbocycles. The number of carbonyl (C=O) groups is 2. The van der Waals surface area contributed by atoms with E-state index in [0.29, 0.717) is 5.69 Å². The maximum Gasteiger partial charge on any atom is 0.390 e. The zero-order valence-electron chi connectivity index (χ0n) is 13.2. The van der Waals surface area contributed by atoms with Crippen molar-refractivity contribution in [3.63, 3.8) is 0 Å². The van der Waals surface area contributed by atoms with Crippen LogP contribution < -0.4 is 10.6 Å². The third kappa shape index (κ3) is 7.03. The fourth-order valence-corrected chi connectivity index (χ4v) is 1.78. The van der Waals surface area contributed by atoms with Crippen LogP contribution in [0.15, 0.2) is 24.3 Å². The van der Waals surface area contributed by atoms with Crippen LogP contribution in [0.25, 0.3) is 0 Å². The van der Waals surface area contributed by atoms with Gasteiger partial charge < -0.3 is 15.5 Å². The van der Waals surface area contributed by atoms with Gasteiger partial charge in [-0.05, 0) is 32.0 Å². The molecule has 0 bridgehead atoms. The van der Waals surface area contributed by atoms with Gasteiger partial charge in [-0.25, -0.2) is 4.79 Å². The van der Waals surface area contributed by atoms with Crippen LogP contribution in [0.2, 0.25) is 0 Å². The van der Waals surface area contributed by atoms with Gasteiger partial charge >= 0.3 is 12.2 Å². The lowest BCUT2D eigenvalue weighted by Gasteiger charge is -2.18. The maximum absolute atomic E-state index is 12.2. The van der Waals surface area contributed by atoms with Gasteiger partial charge in [-0.2, -0.15) is 13.2 Å². The Bertz CT molecular complexity index is 559. The highest BCUT2D eigenvalue weighted by Crippen LogP contribution is 2.20. The second kappa shape index (κ2) is 7.85. The second-order valence-corrected chi connectivity index (χ2v) is 5.43.